The Balaban J connectivity index is 2.01. The van der Waals surface area contributed by atoms with Crippen LogP contribution in [0.1, 0.15) is 24.1 Å². The molecule has 3 unspecified atom stereocenters. The van der Waals surface area contributed by atoms with Crippen LogP contribution < -0.4 is 0 Å². The molecule has 2 nitrogen and oxygen atoms in total. The van der Waals surface area contributed by atoms with Crippen molar-refractivity contribution in [2.45, 2.75) is 24.7 Å². The van der Waals surface area contributed by atoms with Crippen LogP contribution in [0.25, 0.3) is 0 Å². The number of carboxylic acid groups (broad SMARTS) is 1. The van der Waals surface area contributed by atoms with Crippen LogP contribution in [0.2, 0.25) is 0 Å². The van der Waals surface area contributed by atoms with E-state index in [9.17, 15) is 9.90 Å². The Bertz CT molecular complexity index is 367. The highest BCUT2D eigenvalue weighted by atomic mass is 32.1. The molecular formula is C11H12O2S. The summed E-state index contributed by atoms with van der Waals surface area (Å²) in [4.78, 5) is 12.4. The summed E-state index contributed by atoms with van der Waals surface area (Å²) in [6, 6.07) is 4.13. The van der Waals surface area contributed by atoms with E-state index in [0.29, 0.717) is 5.92 Å². The van der Waals surface area contributed by atoms with Crippen molar-refractivity contribution in [3.8, 4) is 0 Å². The van der Waals surface area contributed by atoms with Gasteiger partial charge in [0.25, 0.3) is 0 Å². The van der Waals surface area contributed by atoms with Gasteiger partial charge in [0.2, 0.25) is 0 Å². The van der Waals surface area contributed by atoms with Crippen molar-refractivity contribution in [1.82, 2.24) is 0 Å². The highest BCUT2D eigenvalue weighted by Gasteiger charge is 2.63. The van der Waals surface area contributed by atoms with Crippen LogP contribution in [-0.2, 0) is 10.2 Å². The van der Waals surface area contributed by atoms with Crippen LogP contribution in [-0.4, -0.2) is 11.1 Å². The smallest absolute Gasteiger partial charge is 0.307 e. The van der Waals surface area contributed by atoms with E-state index in [1.165, 1.54) is 4.88 Å². The molecule has 3 aliphatic carbocycles. The van der Waals surface area contributed by atoms with Gasteiger partial charge in [-0.2, -0.15) is 0 Å². The van der Waals surface area contributed by atoms with Crippen LogP contribution in [0.5, 0.6) is 0 Å². The van der Waals surface area contributed by atoms with Crippen molar-refractivity contribution >= 4 is 17.3 Å². The summed E-state index contributed by atoms with van der Waals surface area (Å²) in [5.41, 5.74) is 0.0185. The maximum absolute atomic E-state index is 11.1. The number of aliphatic carboxylic acids is 1. The zero-order valence-corrected chi connectivity index (χ0v) is 8.59. The molecule has 0 spiro atoms. The molecule has 4 rings (SSSR count). The molecular weight excluding hydrogens is 196 g/mol. The van der Waals surface area contributed by atoms with Gasteiger partial charge in [0.15, 0.2) is 0 Å². The number of carbonyl (C=O) groups is 1. The zero-order valence-electron chi connectivity index (χ0n) is 7.77. The minimum Gasteiger partial charge on any atom is -0.481 e. The van der Waals surface area contributed by atoms with Crippen LogP contribution in [0, 0.1) is 11.8 Å². The van der Waals surface area contributed by atoms with E-state index in [4.69, 9.17) is 0 Å². The van der Waals surface area contributed by atoms with E-state index in [0.717, 1.165) is 19.3 Å². The Labute approximate surface area is 86.6 Å². The molecule has 1 N–H and O–H groups in total. The minimum absolute atomic E-state index is 0.0185. The van der Waals surface area contributed by atoms with Gasteiger partial charge in [-0.15, -0.1) is 11.3 Å². The molecule has 0 aliphatic heterocycles. The van der Waals surface area contributed by atoms with Crippen molar-refractivity contribution in [1.29, 1.82) is 0 Å². The van der Waals surface area contributed by atoms with Gasteiger partial charge < -0.3 is 5.11 Å². The summed E-state index contributed by atoms with van der Waals surface area (Å²) in [5.74, 6) is -0.233. The summed E-state index contributed by atoms with van der Waals surface area (Å²) in [7, 11) is 0. The first-order valence-corrected chi connectivity index (χ1v) is 5.89. The molecule has 14 heavy (non-hydrogen) atoms. The van der Waals surface area contributed by atoms with Crippen molar-refractivity contribution in [3.63, 3.8) is 0 Å². The van der Waals surface area contributed by atoms with E-state index in [1.807, 2.05) is 6.07 Å². The Morgan fingerprint density at radius 1 is 1.64 bits per heavy atom. The van der Waals surface area contributed by atoms with Crippen LogP contribution in [0.4, 0.5) is 0 Å². The summed E-state index contributed by atoms with van der Waals surface area (Å²) < 4.78 is 0. The summed E-state index contributed by atoms with van der Waals surface area (Å²) in [6.45, 7) is 0. The number of fused-ring (bicyclic) bond motifs is 1. The molecule has 3 aliphatic rings. The van der Waals surface area contributed by atoms with Gasteiger partial charge in [0.1, 0.15) is 0 Å². The van der Waals surface area contributed by atoms with E-state index >= 15 is 0 Å². The predicted octanol–water partition coefficient (Wildman–Crippen LogP) is 2.50. The lowest BCUT2D eigenvalue weighted by molar-refractivity contribution is -0.150. The zero-order chi connectivity index (χ0) is 9.76. The van der Waals surface area contributed by atoms with Gasteiger partial charge in [-0.1, -0.05) is 6.07 Å². The van der Waals surface area contributed by atoms with Crippen LogP contribution >= 0.6 is 11.3 Å². The molecule has 74 valence electrons. The molecule has 3 heteroatoms. The number of thiophene rings is 1. The van der Waals surface area contributed by atoms with Crippen molar-refractivity contribution in [2.24, 2.45) is 11.8 Å². The van der Waals surface area contributed by atoms with Gasteiger partial charge in [0, 0.05) is 10.3 Å². The fourth-order valence-corrected chi connectivity index (χ4v) is 4.36. The number of carboxylic acids is 1. The van der Waals surface area contributed by atoms with Crippen LogP contribution in [0.15, 0.2) is 17.5 Å². The normalized spacial score (nSPS) is 39.4. The Hall–Kier alpha value is -0.830. The Morgan fingerprint density at radius 2 is 2.50 bits per heavy atom. The molecule has 3 saturated carbocycles. The molecule has 1 aromatic heterocycles. The number of hydrogen-bond acceptors (Lipinski definition) is 2. The first-order valence-electron chi connectivity index (χ1n) is 5.01. The number of hydrogen-bond donors (Lipinski definition) is 1. The summed E-state index contributed by atoms with van der Waals surface area (Å²) >= 11 is 1.71. The van der Waals surface area contributed by atoms with Gasteiger partial charge in [0.05, 0.1) is 5.92 Å². The second-order valence-electron chi connectivity index (χ2n) is 4.45. The quantitative estimate of drug-likeness (QED) is 0.810. The lowest BCUT2D eigenvalue weighted by Gasteiger charge is -2.44. The Morgan fingerprint density at radius 3 is 3.07 bits per heavy atom. The van der Waals surface area contributed by atoms with E-state index in [2.05, 4.69) is 11.4 Å². The lowest BCUT2D eigenvalue weighted by atomic mass is 9.59. The van der Waals surface area contributed by atoms with Gasteiger partial charge >= 0.3 is 5.97 Å². The molecule has 3 atom stereocenters. The average molecular weight is 208 g/mol. The second kappa shape index (κ2) is 2.60. The highest BCUT2D eigenvalue weighted by Crippen LogP contribution is 2.64. The third-order valence-electron chi connectivity index (χ3n) is 3.93. The van der Waals surface area contributed by atoms with Gasteiger partial charge in [-0.25, -0.2) is 0 Å². The van der Waals surface area contributed by atoms with Crippen molar-refractivity contribution < 1.29 is 9.90 Å². The maximum Gasteiger partial charge on any atom is 0.307 e. The summed E-state index contributed by atoms with van der Waals surface area (Å²) in [6.07, 6.45) is 3.29. The third kappa shape index (κ3) is 0.836. The molecule has 0 saturated heterocycles. The minimum atomic E-state index is -0.591. The maximum atomic E-state index is 11.1. The highest BCUT2D eigenvalue weighted by molar-refractivity contribution is 7.10. The Kier molecular flexibility index (Phi) is 1.57. The molecule has 0 radical (unpaired) electrons. The first-order chi connectivity index (χ1) is 6.74. The standard InChI is InChI=1S/C11H12O2S/c12-10(13)9-7-3-4-11(9,6-7)8-2-1-5-14-8/h1-2,5,7,9H,3-4,6H2,(H,12,13). The monoisotopic (exact) mass is 208 g/mol. The lowest BCUT2D eigenvalue weighted by Crippen LogP contribution is -2.47. The van der Waals surface area contributed by atoms with E-state index in [1.54, 1.807) is 11.3 Å². The molecule has 1 aromatic rings. The van der Waals surface area contributed by atoms with Gasteiger partial charge in [-0.05, 0) is 36.6 Å². The topological polar surface area (TPSA) is 37.3 Å². The van der Waals surface area contributed by atoms with E-state index < -0.39 is 5.97 Å². The second-order valence-corrected chi connectivity index (χ2v) is 5.40. The largest absolute Gasteiger partial charge is 0.481 e. The SMILES string of the molecule is O=C(O)C1C2CCC1(c1cccs1)C2. The van der Waals surface area contributed by atoms with Gasteiger partial charge in [-0.3, -0.25) is 4.79 Å². The summed E-state index contributed by atoms with van der Waals surface area (Å²) in [5, 5.41) is 11.2. The first kappa shape index (κ1) is 8.48. The average Bonchev–Trinajstić information content (AvgIpc) is 2.77. The molecule has 2 bridgehead atoms. The molecule has 3 fully saturated rings. The van der Waals surface area contributed by atoms with Crippen LogP contribution in [0.3, 0.4) is 0 Å². The molecule has 1 heterocycles. The van der Waals surface area contributed by atoms with E-state index in [-0.39, 0.29) is 11.3 Å². The molecule has 0 amide bonds. The fourth-order valence-electron chi connectivity index (χ4n) is 3.35. The molecule has 0 aromatic carbocycles. The fraction of sp³-hybridized carbons (Fsp3) is 0.545. The van der Waals surface area contributed by atoms with Crippen molar-refractivity contribution in [3.05, 3.63) is 22.4 Å². The van der Waals surface area contributed by atoms with Crippen molar-refractivity contribution in [2.75, 3.05) is 0 Å². The number of rotatable bonds is 2. The predicted molar refractivity (Wildman–Crippen MR) is 54.5 cm³/mol. The third-order valence-corrected chi connectivity index (χ3v) is 5.02.